The largest absolute Gasteiger partial charge is 0.369 e. The Morgan fingerprint density at radius 3 is 2.43 bits per heavy atom. The van der Waals surface area contributed by atoms with Crippen molar-refractivity contribution in [1.82, 2.24) is 9.80 Å². The summed E-state index contributed by atoms with van der Waals surface area (Å²) in [6.45, 7) is 7.50. The van der Waals surface area contributed by atoms with E-state index in [1.807, 2.05) is 18.0 Å². The van der Waals surface area contributed by atoms with E-state index in [-0.39, 0.29) is 5.91 Å². The Morgan fingerprint density at radius 2 is 1.81 bits per heavy atom. The van der Waals surface area contributed by atoms with Crippen molar-refractivity contribution in [2.45, 2.75) is 19.8 Å². The molecule has 21 heavy (non-hydrogen) atoms. The predicted molar refractivity (Wildman–Crippen MR) is 87.6 cm³/mol. The molecule has 0 spiro atoms. The summed E-state index contributed by atoms with van der Waals surface area (Å²) in [6.07, 6.45) is 2.22. The lowest BCUT2D eigenvalue weighted by Gasteiger charge is -2.36. The summed E-state index contributed by atoms with van der Waals surface area (Å²) in [5, 5.41) is 0. The number of para-hydroxylation sites is 1. The van der Waals surface area contributed by atoms with Gasteiger partial charge in [-0.15, -0.1) is 0 Å². The summed E-state index contributed by atoms with van der Waals surface area (Å²) >= 11 is 0. The number of nitrogens with zero attached hydrogens (tertiary/aromatic N) is 3. The van der Waals surface area contributed by atoms with Gasteiger partial charge in [0.1, 0.15) is 0 Å². The van der Waals surface area contributed by atoms with Crippen molar-refractivity contribution in [3.63, 3.8) is 0 Å². The molecule has 4 heteroatoms. The van der Waals surface area contributed by atoms with Crippen LogP contribution in [0, 0.1) is 0 Å². The molecule has 4 nitrogen and oxygen atoms in total. The zero-order valence-electron chi connectivity index (χ0n) is 13.3. The van der Waals surface area contributed by atoms with Crippen LogP contribution in [0.2, 0.25) is 0 Å². The number of unbranched alkanes of at least 4 members (excludes halogenated alkanes) is 1. The number of piperazine rings is 1. The van der Waals surface area contributed by atoms with Crippen molar-refractivity contribution in [2.75, 3.05) is 51.2 Å². The number of likely N-dealkylation sites (N-methyl/N-ethyl adjacent to an activating group) is 1. The molecule has 2 rings (SSSR count). The minimum absolute atomic E-state index is 0.247. The van der Waals surface area contributed by atoms with E-state index in [9.17, 15) is 4.79 Å². The molecule has 1 heterocycles. The van der Waals surface area contributed by atoms with Gasteiger partial charge < -0.3 is 9.80 Å². The molecular formula is C17H27N3O. The van der Waals surface area contributed by atoms with Gasteiger partial charge in [0.25, 0.3) is 0 Å². The molecule has 1 aliphatic heterocycles. The van der Waals surface area contributed by atoms with Crippen molar-refractivity contribution in [3.05, 3.63) is 30.3 Å². The van der Waals surface area contributed by atoms with E-state index in [1.165, 1.54) is 5.69 Å². The van der Waals surface area contributed by atoms with E-state index in [1.54, 1.807) is 0 Å². The predicted octanol–water partition coefficient (Wildman–Crippen LogP) is 2.07. The Kier molecular flexibility index (Phi) is 6.05. The van der Waals surface area contributed by atoms with Gasteiger partial charge in [-0.1, -0.05) is 31.5 Å². The number of carbonyl (C=O) groups is 1. The van der Waals surface area contributed by atoms with E-state index in [0.717, 1.165) is 45.6 Å². The van der Waals surface area contributed by atoms with E-state index < -0.39 is 0 Å². The van der Waals surface area contributed by atoms with Gasteiger partial charge in [0, 0.05) is 45.5 Å². The van der Waals surface area contributed by atoms with Crippen molar-refractivity contribution in [2.24, 2.45) is 0 Å². The van der Waals surface area contributed by atoms with Gasteiger partial charge in [0.05, 0.1) is 6.54 Å². The second-order valence-corrected chi connectivity index (χ2v) is 5.77. The zero-order chi connectivity index (χ0) is 15.1. The highest BCUT2D eigenvalue weighted by Gasteiger charge is 2.20. The molecule has 1 amide bonds. The molecule has 1 aliphatic rings. The van der Waals surface area contributed by atoms with Crippen LogP contribution in [0.4, 0.5) is 5.69 Å². The Hall–Kier alpha value is -1.55. The maximum Gasteiger partial charge on any atom is 0.236 e. The Bertz CT molecular complexity index is 427. The summed E-state index contributed by atoms with van der Waals surface area (Å²) in [7, 11) is 1.91. The monoisotopic (exact) mass is 289 g/mol. The molecule has 0 bridgehead atoms. The lowest BCUT2D eigenvalue weighted by molar-refractivity contribution is -0.131. The molecule has 1 saturated heterocycles. The SMILES string of the molecule is CCCCN(C)C(=O)CN1CCN(c2ccccc2)CC1. The molecular weight excluding hydrogens is 262 g/mol. The fourth-order valence-electron chi connectivity index (χ4n) is 2.63. The topological polar surface area (TPSA) is 26.8 Å². The molecule has 0 unspecified atom stereocenters. The summed E-state index contributed by atoms with van der Waals surface area (Å²) < 4.78 is 0. The molecule has 1 aromatic carbocycles. The minimum atomic E-state index is 0.247. The van der Waals surface area contributed by atoms with E-state index in [0.29, 0.717) is 6.54 Å². The minimum Gasteiger partial charge on any atom is -0.369 e. The smallest absolute Gasteiger partial charge is 0.236 e. The van der Waals surface area contributed by atoms with Crippen LogP contribution in [0.25, 0.3) is 0 Å². The first-order valence-electron chi connectivity index (χ1n) is 7.97. The van der Waals surface area contributed by atoms with Gasteiger partial charge in [-0.2, -0.15) is 0 Å². The highest BCUT2D eigenvalue weighted by molar-refractivity contribution is 5.78. The van der Waals surface area contributed by atoms with Gasteiger partial charge in [-0.05, 0) is 18.6 Å². The van der Waals surface area contributed by atoms with Gasteiger partial charge >= 0.3 is 0 Å². The number of amides is 1. The van der Waals surface area contributed by atoms with Gasteiger partial charge in [-0.3, -0.25) is 9.69 Å². The molecule has 1 fully saturated rings. The Morgan fingerprint density at radius 1 is 1.14 bits per heavy atom. The Balaban J connectivity index is 1.75. The van der Waals surface area contributed by atoms with Gasteiger partial charge in [0.15, 0.2) is 0 Å². The fourth-order valence-corrected chi connectivity index (χ4v) is 2.63. The van der Waals surface area contributed by atoms with E-state index in [2.05, 4.69) is 41.0 Å². The van der Waals surface area contributed by atoms with Crippen LogP contribution in [0.5, 0.6) is 0 Å². The maximum absolute atomic E-state index is 12.1. The van der Waals surface area contributed by atoms with Crippen molar-refractivity contribution in [3.8, 4) is 0 Å². The van der Waals surface area contributed by atoms with Crippen LogP contribution in [0.15, 0.2) is 30.3 Å². The number of hydrogen-bond donors (Lipinski definition) is 0. The van der Waals surface area contributed by atoms with Gasteiger partial charge in [0.2, 0.25) is 5.91 Å². The lowest BCUT2D eigenvalue weighted by Crippen LogP contribution is -2.49. The lowest BCUT2D eigenvalue weighted by atomic mass is 10.2. The highest BCUT2D eigenvalue weighted by atomic mass is 16.2. The fraction of sp³-hybridized carbons (Fsp3) is 0.588. The number of benzene rings is 1. The average Bonchev–Trinajstić information content (AvgIpc) is 2.54. The summed E-state index contributed by atoms with van der Waals surface area (Å²) in [5.41, 5.74) is 1.28. The number of rotatable bonds is 6. The standard InChI is InChI=1S/C17H27N3O/c1-3-4-10-18(2)17(21)15-19-11-13-20(14-12-19)16-8-6-5-7-9-16/h5-9H,3-4,10-15H2,1-2H3. The molecule has 0 radical (unpaired) electrons. The number of carbonyl (C=O) groups excluding carboxylic acids is 1. The first kappa shape index (κ1) is 15.8. The molecule has 0 saturated carbocycles. The number of hydrogen-bond acceptors (Lipinski definition) is 3. The summed E-state index contributed by atoms with van der Waals surface area (Å²) in [5.74, 6) is 0.247. The van der Waals surface area contributed by atoms with E-state index >= 15 is 0 Å². The van der Waals surface area contributed by atoms with Crippen LogP contribution in [0.3, 0.4) is 0 Å². The molecule has 0 atom stereocenters. The maximum atomic E-state index is 12.1. The normalized spacial score (nSPS) is 16.0. The second-order valence-electron chi connectivity index (χ2n) is 5.77. The Labute approximate surface area is 128 Å². The van der Waals surface area contributed by atoms with Crippen LogP contribution >= 0.6 is 0 Å². The highest BCUT2D eigenvalue weighted by Crippen LogP contribution is 2.15. The van der Waals surface area contributed by atoms with Crippen molar-refractivity contribution >= 4 is 11.6 Å². The summed E-state index contributed by atoms with van der Waals surface area (Å²) in [6, 6.07) is 10.5. The first-order valence-corrected chi connectivity index (χ1v) is 7.97. The molecule has 0 N–H and O–H groups in total. The third kappa shape index (κ3) is 4.74. The molecule has 0 aliphatic carbocycles. The number of anilines is 1. The zero-order valence-corrected chi connectivity index (χ0v) is 13.3. The van der Waals surface area contributed by atoms with Crippen molar-refractivity contribution in [1.29, 1.82) is 0 Å². The van der Waals surface area contributed by atoms with Gasteiger partial charge in [-0.25, -0.2) is 0 Å². The average molecular weight is 289 g/mol. The molecule has 1 aromatic rings. The third-order valence-corrected chi connectivity index (χ3v) is 4.13. The molecule has 0 aromatic heterocycles. The van der Waals surface area contributed by atoms with Crippen LogP contribution < -0.4 is 4.90 Å². The molecule has 116 valence electrons. The third-order valence-electron chi connectivity index (χ3n) is 4.13. The van der Waals surface area contributed by atoms with E-state index in [4.69, 9.17) is 0 Å². The van der Waals surface area contributed by atoms with Crippen LogP contribution in [-0.4, -0.2) is 62.0 Å². The van der Waals surface area contributed by atoms with Crippen LogP contribution in [-0.2, 0) is 4.79 Å². The summed E-state index contributed by atoms with van der Waals surface area (Å²) in [4.78, 5) is 18.7. The van der Waals surface area contributed by atoms with Crippen molar-refractivity contribution < 1.29 is 4.79 Å². The quantitative estimate of drug-likeness (QED) is 0.802. The van der Waals surface area contributed by atoms with Crippen LogP contribution in [0.1, 0.15) is 19.8 Å². The second kappa shape index (κ2) is 8.03. The first-order chi connectivity index (χ1) is 10.2.